The van der Waals surface area contributed by atoms with E-state index in [0.717, 1.165) is 22.4 Å². The van der Waals surface area contributed by atoms with Crippen LogP contribution in [0, 0.1) is 0 Å². The molecule has 1 nitrogen and oxygen atoms in total. The monoisotopic (exact) mass is 200 g/mol. The number of thiol groups is 1. The van der Waals surface area contributed by atoms with Crippen LogP contribution >= 0.6 is 21.9 Å². The highest BCUT2D eigenvalue weighted by Gasteiger charge is 2.03. The molecule has 0 aliphatic heterocycles. The average molecular weight is 200 g/mol. The maximum atomic E-state index is 5.20. The van der Waals surface area contributed by atoms with E-state index in [4.69, 9.17) is 4.74 Å². The Bertz CT molecular complexity index is 286. The molecule has 1 aromatic carbocycles. The van der Waals surface area contributed by atoms with Gasteiger partial charge in [0.05, 0.1) is 7.11 Å². The van der Waals surface area contributed by atoms with Gasteiger partial charge in [-0.15, -0.1) is 21.9 Å². The maximum Gasteiger partial charge on any atom is 0.127 e. The Morgan fingerprint density at radius 3 is 2.67 bits per heavy atom. The lowest BCUT2D eigenvalue weighted by Gasteiger charge is -2.08. The van der Waals surface area contributed by atoms with Crippen molar-refractivity contribution in [2.45, 2.75) is 18.2 Å². The molecule has 1 aromatic rings. The third-order valence-corrected chi connectivity index (χ3v) is 3.02. The predicted molar refractivity (Wildman–Crippen MR) is 59.0 cm³/mol. The fourth-order valence-corrected chi connectivity index (χ4v) is 1.60. The van der Waals surface area contributed by atoms with Crippen molar-refractivity contribution in [2.24, 2.45) is 0 Å². The second-order valence-corrected chi connectivity index (χ2v) is 3.64. The van der Waals surface area contributed by atoms with Crippen molar-refractivity contribution in [2.75, 3.05) is 7.11 Å². The van der Waals surface area contributed by atoms with Gasteiger partial charge in [-0.05, 0) is 24.1 Å². The minimum atomic E-state index is 0.893. The van der Waals surface area contributed by atoms with Crippen LogP contribution in [0.25, 0.3) is 0 Å². The summed E-state index contributed by atoms with van der Waals surface area (Å²) < 4.78 is 5.20. The van der Waals surface area contributed by atoms with Gasteiger partial charge in [0.25, 0.3) is 0 Å². The number of aryl methyl sites for hydroxylation is 1. The molecule has 1 rings (SSSR count). The van der Waals surface area contributed by atoms with Crippen LogP contribution in [0.2, 0.25) is 0 Å². The first kappa shape index (κ1) is 9.88. The molecule has 3 heteroatoms. The molecule has 0 bridgehead atoms. The van der Waals surface area contributed by atoms with Gasteiger partial charge in [-0.25, -0.2) is 0 Å². The van der Waals surface area contributed by atoms with E-state index in [9.17, 15) is 0 Å². The van der Waals surface area contributed by atoms with E-state index in [1.807, 2.05) is 6.07 Å². The molecule has 66 valence electrons. The highest BCUT2D eigenvalue weighted by atomic mass is 32.1. The molecule has 0 aromatic heterocycles. The van der Waals surface area contributed by atoms with Crippen LogP contribution in [0.3, 0.4) is 0 Å². The molecule has 12 heavy (non-hydrogen) atoms. The number of hydrogen-bond acceptors (Lipinski definition) is 2. The van der Waals surface area contributed by atoms with Gasteiger partial charge in [0.2, 0.25) is 0 Å². The van der Waals surface area contributed by atoms with E-state index in [2.05, 4.69) is 34.9 Å². The van der Waals surface area contributed by atoms with Crippen LogP contribution in [0.4, 0.5) is 0 Å². The van der Waals surface area contributed by atoms with Crippen molar-refractivity contribution in [3.8, 4) is 5.75 Å². The minimum absolute atomic E-state index is 0.893. The molecular weight excluding hydrogens is 187 g/mol. The van der Waals surface area contributed by atoms with Crippen molar-refractivity contribution in [3.63, 3.8) is 0 Å². The molecule has 0 spiro atoms. The molecule has 0 saturated heterocycles. The molecule has 0 heterocycles. The van der Waals surface area contributed by atoms with E-state index < -0.39 is 0 Å². The number of benzene rings is 1. The molecule has 0 aliphatic rings. The zero-order valence-electron chi connectivity index (χ0n) is 7.29. The summed E-state index contributed by atoms with van der Waals surface area (Å²) in [5.74, 6) is 0.893. The van der Waals surface area contributed by atoms with Gasteiger partial charge in [0.1, 0.15) is 5.75 Å². The zero-order valence-corrected chi connectivity index (χ0v) is 9.34. The molecule has 0 N–H and O–H groups in total. The molecule has 1 unspecified atom stereocenters. The van der Waals surface area contributed by atoms with Crippen molar-refractivity contribution in [1.82, 2.24) is 0 Å². The summed E-state index contributed by atoms with van der Waals surface area (Å²) >= 11 is 4.34. The van der Waals surface area contributed by atoms with E-state index in [-0.39, 0.29) is 0 Å². The average Bonchev–Trinajstić information content (AvgIpc) is 2.09. The second-order valence-electron chi connectivity index (χ2n) is 2.58. The van der Waals surface area contributed by atoms with Gasteiger partial charge in [0, 0.05) is 10.2 Å². The van der Waals surface area contributed by atoms with Crippen molar-refractivity contribution < 1.29 is 4.74 Å². The van der Waals surface area contributed by atoms with Gasteiger partial charge in [-0.3, -0.25) is 0 Å². The van der Waals surface area contributed by atoms with E-state index in [1.54, 1.807) is 7.11 Å². The Kier molecular flexibility index (Phi) is 3.42. The summed E-state index contributed by atoms with van der Waals surface area (Å²) in [6, 6.07) is 4.11. The van der Waals surface area contributed by atoms with Gasteiger partial charge >= 0.3 is 0 Å². The molecular formula is C9H13OPS. The van der Waals surface area contributed by atoms with E-state index >= 15 is 0 Å². The number of hydrogen-bond donors (Lipinski definition) is 1. The minimum Gasteiger partial charge on any atom is -0.496 e. The van der Waals surface area contributed by atoms with Crippen LogP contribution in [-0.2, 0) is 6.42 Å². The highest BCUT2D eigenvalue weighted by molar-refractivity contribution is 7.80. The number of methoxy groups -OCH3 is 1. The fraction of sp³-hybridized carbons (Fsp3) is 0.333. The van der Waals surface area contributed by atoms with Gasteiger partial charge in [0.15, 0.2) is 0 Å². The van der Waals surface area contributed by atoms with Gasteiger partial charge < -0.3 is 4.74 Å². The van der Waals surface area contributed by atoms with Crippen molar-refractivity contribution in [1.29, 1.82) is 0 Å². The molecule has 0 aliphatic carbocycles. The lowest BCUT2D eigenvalue weighted by Crippen LogP contribution is -2.02. The molecule has 0 radical (unpaired) electrons. The topological polar surface area (TPSA) is 9.23 Å². The Morgan fingerprint density at radius 1 is 1.50 bits per heavy atom. The summed E-state index contributed by atoms with van der Waals surface area (Å²) in [6.07, 6.45) is 1.01. The Balaban J connectivity index is 3.19. The van der Waals surface area contributed by atoms with Crippen molar-refractivity contribution in [3.05, 3.63) is 17.7 Å². The summed E-state index contributed by atoms with van der Waals surface area (Å²) in [4.78, 5) is 0.969. The SMILES string of the molecule is CCc1cc(S)c(P)c(OC)c1. The van der Waals surface area contributed by atoms with Gasteiger partial charge in [-0.2, -0.15) is 0 Å². The van der Waals surface area contributed by atoms with Crippen LogP contribution in [0.5, 0.6) is 5.75 Å². The second kappa shape index (κ2) is 4.15. The highest BCUT2D eigenvalue weighted by Crippen LogP contribution is 2.20. The normalized spacial score (nSPS) is 10.0. The maximum absolute atomic E-state index is 5.20. The Labute approximate surface area is 81.1 Å². The predicted octanol–water partition coefficient (Wildman–Crippen LogP) is 2.05. The Morgan fingerprint density at radius 2 is 2.17 bits per heavy atom. The Hall–Kier alpha value is -0.200. The zero-order chi connectivity index (χ0) is 9.14. The first-order valence-corrected chi connectivity index (χ1v) is 4.86. The van der Waals surface area contributed by atoms with E-state index in [1.165, 1.54) is 5.56 Å². The smallest absolute Gasteiger partial charge is 0.127 e. The molecule has 1 atom stereocenters. The standard InChI is InChI=1S/C9H13OPS/c1-3-6-4-7(10-2)9(11)8(12)5-6/h4-5,12H,3,11H2,1-2H3. The molecule has 0 fully saturated rings. The van der Waals surface area contributed by atoms with Crippen LogP contribution < -0.4 is 10.0 Å². The van der Waals surface area contributed by atoms with Crippen molar-refractivity contribution >= 4 is 27.2 Å². The number of ether oxygens (including phenoxy) is 1. The largest absolute Gasteiger partial charge is 0.496 e. The summed E-state index contributed by atoms with van der Waals surface area (Å²) in [7, 11) is 4.31. The lowest BCUT2D eigenvalue weighted by atomic mass is 10.1. The van der Waals surface area contributed by atoms with E-state index in [0.29, 0.717) is 0 Å². The third-order valence-electron chi connectivity index (χ3n) is 1.81. The van der Waals surface area contributed by atoms with Crippen LogP contribution in [-0.4, -0.2) is 7.11 Å². The van der Waals surface area contributed by atoms with Gasteiger partial charge in [-0.1, -0.05) is 6.92 Å². The quantitative estimate of drug-likeness (QED) is 0.568. The lowest BCUT2D eigenvalue weighted by molar-refractivity contribution is 0.417. The summed E-state index contributed by atoms with van der Waals surface area (Å²) in [5, 5.41) is 1.03. The molecule has 0 amide bonds. The molecule has 0 saturated carbocycles. The number of rotatable bonds is 2. The first-order chi connectivity index (χ1) is 5.69. The van der Waals surface area contributed by atoms with Crippen LogP contribution in [0.15, 0.2) is 17.0 Å². The fourth-order valence-electron chi connectivity index (χ4n) is 1.04. The summed E-state index contributed by atoms with van der Waals surface area (Å²) in [5.41, 5.74) is 1.25. The third kappa shape index (κ3) is 1.94. The van der Waals surface area contributed by atoms with Crippen LogP contribution in [0.1, 0.15) is 12.5 Å². The summed E-state index contributed by atoms with van der Waals surface area (Å²) in [6.45, 7) is 2.12. The first-order valence-electron chi connectivity index (χ1n) is 3.84.